The number of carboxylic acids is 1. The molecule has 0 saturated carbocycles. The first kappa shape index (κ1) is 15.6. The standard InChI is InChI=1S/C15H15NO6/c17-10-5-4-9-7-11(15(21)22-12(9)8-10)14(20)16-6-2-1-3-13(18)19/h4-5,7-8,17H,1-3,6H2,(H,16,20)(H,18,19). The Bertz CT molecular complexity index is 764. The van der Waals surface area contributed by atoms with Crippen molar-refractivity contribution in [1.82, 2.24) is 5.32 Å². The van der Waals surface area contributed by atoms with Crippen LogP contribution in [-0.2, 0) is 4.79 Å². The van der Waals surface area contributed by atoms with Gasteiger partial charge < -0.3 is 19.9 Å². The summed E-state index contributed by atoms with van der Waals surface area (Å²) in [4.78, 5) is 34.1. The van der Waals surface area contributed by atoms with Crippen molar-refractivity contribution in [2.75, 3.05) is 6.54 Å². The molecule has 0 aliphatic rings. The molecule has 1 aromatic heterocycles. The van der Waals surface area contributed by atoms with Crippen LogP contribution in [0.2, 0.25) is 0 Å². The number of unbranched alkanes of at least 4 members (excludes halogenated alkanes) is 1. The number of carboxylic acid groups (broad SMARTS) is 1. The van der Waals surface area contributed by atoms with E-state index in [0.717, 1.165) is 0 Å². The van der Waals surface area contributed by atoms with Crippen LogP contribution >= 0.6 is 0 Å². The van der Waals surface area contributed by atoms with Crippen LogP contribution in [-0.4, -0.2) is 28.6 Å². The van der Waals surface area contributed by atoms with E-state index in [2.05, 4.69) is 5.32 Å². The number of hydrogen-bond acceptors (Lipinski definition) is 5. The lowest BCUT2D eigenvalue weighted by Gasteiger charge is -2.05. The zero-order chi connectivity index (χ0) is 16.1. The predicted octanol–water partition coefficient (Wildman–Crippen LogP) is 1.48. The number of fused-ring (bicyclic) bond motifs is 1. The first-order valence-corrected chi connectivity index (χ1v) is 6.74. The normalized spacial score (nSPS) is 10.5. The Labute approximate surface area is 125 Å². The smallest absolute Gasteiger partial charge is 0.349 e. The number of benzene rings is 1. The molecule has 2 rings (SSSR count). The SMILES string of the molecule is O=C(O)CCCCNC(=O)c1cc2ccc(O)cc2oc1=O. The fourth-order valence-corrected chi connectivity index (χ4v) is 1.96. The molecule has 1 heterocycles. The monoisotopic (exact) mass is 305 g/mol. The maximum Gasteiger partial charge on any atom is 0.349 e. The van der Waals surface area contributed by atoms with Gasteiger partial charge in [-0.25, -0.2) is 4.79 Å². The van der Waals surface area contributed by atoms with Gasteiger partial charge in [-0.3, -0.25) is 9.59 Å². The van der Waals surface area contributed by atoms with Gasteiger partial charge in [0.2, 0.25) is 0 Å². The van der Waals surface area contributed by atoms with Crippen LogP contribution in [0.15, 0.2) is 33.5 Å². The van der Waals surface area contributed by atoms with Crippen molar-refractivity contribution < 1.29 is 24.2 Å². The van der Waals surface area contributed by atoms with Crippen LogP contribution in [0.25, 0.3) is 11.0 Å². The van der Waals surface area contributed by atoms with Crippen molar-refractivity contribution in [3.63, 3.8) is 0 Å². The van der Waals surface area contributed by atoms with E-state index in [4.69, 9.17) is 9.52 Å². The number of rotatable bonds is 6. The third-order valence-electron chi connectivity index (χ3n) is 3.07. The lowest BCUT2D eigenvalue weighted by molar-refractivity contribution is -0.137. The third kappa shape index (κ3) is 3.85. The van der Waals surface area contributed by atoms with Crippen LogP contribution in [0.4, 0.5) is 0 Å². The third-order valence-corrected chi connectivity index (χ3v) is 3.07. The Morgan fingerprint density at radius 3 is 2.68 bits per heavy atom. The van der Waals surface area contributed by atoms with E-state index in [1.54, 1.807) is 0 Å². The highest BCUT2D eigenvalue weighted by atomic mass is 16.4. The molecule has 0 unspecified atom stereocenters. The van der Waals surface area contributed by atoms with Gasteiger partial charge in [-0.2, -0.15) is 0 Å². The number of hydrogen-bond donors (Lipinski definition) is 3. The minimum atomic E-state index is -0.884. The van der Waals surface area contributed by atoms with Crippen molar-refractivity contribution in [2.45, 2.75) is 19.3 Å². The van der Waals surface area contributed by atoms with Gasteiger partial charge >= 0.3 is 11.6 Å². The molecule has 7 nitrogen and oxygen atoms in total. The summed E-state index contributed by atoms with van der Waals surface area (Å²) in [7, 11) is 0. The lowest BCUT2D eigenvalue weighted by atomic mass is 10.1. The molecule has 0 aliphatic carbocycles. The zero-order valence-corrected chi connectivity index (χ0v) is 11.7. The molecule has 2 aromatic rings. The number of nitrogens with one attached hydrogen (secondary N) is 1. The van der Waals surface area contributed by atoms with Crippen molar-refractivity contribution >= 4 is 22.8 Å². The highest BCUT2D eigenvalue weighted by Gasteiger charge is 2.13. The van der Waals surface area contributed by atoms with E-state index in [0.29, 0.717) is 18.2 Å². The van der Waals surface area contributed by atoms with Crippen molar-refractivity contribution in [1.29, 1.82) is 0 Å². The quantitative estimate of drug-likeness (QED) is 0.550. The number of carbonyl (C=O) groups excluding carboxylic acids is 1. The van der Waals surface area contributed by atoms with E-state index in [1.165, 1.54) is 24.3 Å². The summed E-state index contributed by atoms with van der Waals surface area (Å²) in [5.74, 6) is -1.49. The number of amides is 1. The van der Waals surface area contributed by atoms with Crippen LogP contribution in [0.1, 0.15) is 29.6 Å². The molecule has 22 heavy (non-hydrogen) atoms. The largest absolute Gasteiger partial charge is 0.508 e. The maximum absolute atomic E-state index is 11.9. The number of carbonyl (C=O) groups is 2. The van der Waals surface area contributed by atoms with E-state index in [9.17, 15) is 19.5 Å². The number of aromatic hydroxyl groups is 1. The summed E-state index contributed by atoms with van der Waals surface area (Å²) >= 11 is 0. The highest BCUT2D eigenvalue weighted by Crippen LogP contribution is 2.19. The molecule has 0 saturated heterocycles. The maximum atomic E-state index is 11.9. The molecule has 0 fully saturated rings. The van der Waals surface area contributed by atoms with Gasteiger partial charge in [-0.05, 0) is 31.0 Å². The topological polar surface area (TPSA) is 117 Å². The summed E-state index contributed by atoms with van der Waals surface area (Å²) in [6.07, 6.45) is 0.990. The average Bonchev–Trinajstić information content (AvgIpc) is 2.45. The molecule has 1 aromatic carbocycles. The molecular weight excluding hydrogens is 290 g/mol. The Hall–Kier alpha value is -2.83. The van der Waals surface area contributed by atoms with E-state index in [1.807, 2.05) is 0 Å². The molecule has 7 heteroatoms. The fraction of sp³-hybridized carbons (Fsp3) is 0.267. The van der Waals surface area contributed by atoms with Crippen LogP contribution in [0, 0.1) is 0 Å². The molecule has 1 amide bonds. The number of aliphatic carboxylic acids is 1. The first-order valence-electron chi connectivity index (χ1n) is 6.74. The van der Waals surface area contributed by atoms with Crippen LogP contribution < -0.4 is 10.9 Å². The molecule has 0 radical (unpaired) electrons. The Morgan fingerprint density at radius 2 is 1.95 bits per heavy atom. The molecule has 0 bridgehead atoms. The highest BCUT2D eigenvalue weighted by molar-refractivity contribution is 5.96. The summed E-state index contributed by atoms with van der Waals surface area (Å²) in [6.45, 7) is 0.277. The Balaban J connectivity index is 2.05. The molecule has 0 atom stereocenters. The molecule has 0 aliphatic heterocycles. The van der Waals surface area contributed by atoms with Crippen LogP contribution in [0.5, 0.6) is 5.75 Å². The van der Waals surface area contributed by atoms with Gasteiger partial charge in [0, 0.05) is 24.4 Å². The molecule has 3 N–H and O–H groups in total. The van der Waals surface area contributed by atoms with E-state index >= 15 is 0 Å². The minimum Gasteiger partial charge on any atom is -0.508 e. The first-order chi connectivity index (χ1) is 10.5. The lowest BCUT2D eigenvalue weighted by Crippen LogP contribution is -2.29. The zero-order valence-electron chi connectivity index (χ0n) is 11.7. The number of phenols is 1. The van der Waals surface area contributed by atoms with Crippen LogP contribution in [0.3, 0.4) is 0 Å². The second kappa shape index (κ2) is 6.75. The number of phenolic OH excluding ortho intramolecular Hbond substituents is 1. The molecule has 0 spiro atoms. The second-order valence-corrected chi connectivity index (χ2v) is 4.78. The van der Waals surface area contributed by atoms with E-state index in [-0.39, 0.29) is 29.9 Å². The molecule has 116 valence electrons. The van der Waals surface area contributed by atoms with Gasteiger partial charge in [0.25, 0.3) is 5.91 Å². The Morgan fingerprint density at radius 1 is 1.18 bits per heavy atom. The summed E-state index contributed by atoms with van der Waals surface area (Å²) < 4.78 is 5.00. The predicted molar refractivity (Wildman–Crippen MR) is 78.0 cm³/mol. The second-order valence-electron chi connectivity index (χ2n) is 4.78. The van der Waals surface area contributed by atoms with Gasteiger partial charge in [0.05, 0.1) is 0 Å². The Kier molecular flexibility index (Phi) is 4.77. The molecular formula is C15H15NO6. The van der Waals surface area contributed by atoms with Crippen molar-refractivity contribution in [3.05, 3.63) is 40.2 Å². The van der Waals surface area contributed by atoms with Crippen molar-refractivity contribution in [3.8, 4) is 5.75 Å². The van der Waals surface area contributed by atoms with Crippen molar-refractivity contribution in [2.24, 2.45) is 0 Å². The van der Waals surface area contributed by atoms with Gasteiger partial charge in [-0.1, -0.05) is 0 Å². The van der Waals surface area contributed by atoms with E-state index < -0.39 is 17.5 Å². The van der Waals surface area contributed by atoms with Gasteiger partial charge in [-0.15, -0.1) is 0 Å². The van der Waals surface area contributed by atoms with Gasteiger partial charge in [0.15, 0.2) is 0 Å². The average molecular weight is 305 g/mol. The fourth-order valence-electron chi connectivity index (χ4n) is 1.96. The summed E-state index contributed by atoms with van der Waals surface area (Å²) in [5, 5.41) is 20.9. The summed E-state index contributed by atoms with van der Waals surface area (Å²) in [6, 6.07) is 5.66. The summed E-state index contributed by atoms with van der Waals surface area (Å²) in [5.41, 5.74) is -0.722. The van der Waals surface area contributed by atoms with Gasteiger partial charge in [0.1, 0.15) is 16.9 Å². The minimum absolute atomic E-state index is 0.0358.